The van der Waals surface area contributed by atoms with Crippen molar-refractivity contribution >= 4 is 5.91 Å². The first-order valence-corrected chi connectivity index (χ1v) is 8.92. The molecule has 122 valence electrons. The number of amides is 1. The zero-order chi connectivity index (χ0) is 15.4. The molecule has 5 nitrogen and oxygen atoms in total. The van der Waals surface area contributed by atoms with Crippen LogP contribution in [0.5, 0.6) is 0 Å². The number of nitrogens with zero attached hydrogens (tertiary/aromatic N) is 3. The van der Waals surface area contributed by atoms with Crippen LogP contribution < -0.4 is 0 Å². The molecule has 1 aliphatic heterocycles. The van der Waals surface area contributed by atoms with Gasteiger partial charge in [0.1, 0.15) is 6.04 Å². The highest BCUT2D eigenvalue weighted by Crippen LogP contribution is 2.34. The molecule has 0 spiro atoms. The van der Waals surface area contributed by atoms with E-state index in [-0.39, 0.29) is 12.0 Å². The van der Waals surface area contributed by atoms with Crippen LogP contribution in [0.1, 0.15) is 82.5 Å². The first-order chi connectivity index (χ1) is 10.8. The molecule has 2 fully saturated rings. The normalized spacial score (nSPS) is 23.1. The number of aromatic nitrogens is 2. The molecule has 0 N–H and O–H groups in total. The highest BCUT2D eigenvalue weighted by atomic mass is 16.5. The fourth-order valence-electron chi connectivity index (χ4n) is 3.70. The van der Waals surface area contributed by atoms with Gasteiger partial charge in [0, 0.05) is 18.9 Å². The predicted molar refractivity (Wildman–Crippen MR) is 83.2 cm³/mol. The molecule has 0 bridgehead atoms. The van der Waals surface area contributed by atoms with E-state index in [4.69, 9.17) is 4.52 Å². The summed E-state index contributed by atoms with van der Waals surface area (Å²) < 4.78 is 5.49. The van der Waals surface area contributed by atoms with E-state index in [0.29, 0.717) is 11.8 Å². The summed E-state index contributed by atoms with van der Waals surface area (Å²) in [6.07, 6.45) is 10.7. The molecule has 1 amide bonds. The lowest BCUT2D eigenvalue weighted by molar-refractivity contribution is -0.140. The zero-order valence-corrected chi connectivity index (χ0v) is 13.6. The highest BCUT2D eigenvalue weighted by molar-refractivity contribution is 5.79. The van der Waals surface area contributed by atoms with E-state index < -0.39 is 0 Å². The van der Waals surface area contributed by atoms with Crippen LogP contribution in [0, 0.1) is 5.92 Å². The lowest BCUT2D eigenvalue weighted by Gasteiger charge is -2.35. The number of carbonyl (C=O) groups is 1. The fourth-order valence-corrected chi connectivity index (χ4v) is 3.70. The Morgan fingerprint density at radius 3 is 2.77 bits per heavy atom. The van der Waals surface area contributed by atoms with Gasteiger partial charge in [-0.2, -0.15) is 4.98 Å². The van der Waals surface area contributed by atoms with Crippen LogP contribution in [0.25, 0.3) is 0 Å². The average Bonchev–Trinajstić information content (AvgIpc) is 3.24. The second-order valence-electron chi connectivity index (χ2n) is 6.68. The maximum Gasteiger partial charge on any atom is 0.249 e. The van der Waals surface area contributed by atoms with Crippen molar-refractivity contribution in [2.24, 2.45) is 5.92 Å². The Labute approximate surface area is 132 Å². The monoisotopic (exact) mass is 305 g/mol. The zero-order valence-electron chi connectivity index (χ0n) is 13.6. The van der Waals surface area contributed by atoms with Crippen LogP contribution in [-0.4, -0.2) is 27.5 Å². The minimum absolute atomic E-state index is 0.00438. The summed E-state index contributed by atoms with van der Waals surface area (Å²) in [6, 6.07) is 0.00438. The van der Waals surface area contributed by atoms with Gasteiger partial charge in [0.2, 0.25) is 11.8 Å². The van der Waals surface area contributed by atoms with Gasteiger partial charge >= 0.3 is 0 Å². The molecule has 1 aromatic rings. The largest absolute Gasteiger partial charge is 0.337 e. The topological polar surface area (TPSA) is 59.2 Å². The third-order valence-corrected chi connectivity index (χ3v) is 5.01. The van der Waals surface area contributed by atoms with Crippen molar-refractivity contribution in [1.29, 1.82) is 0 Å². The van der Waals surface area contributed by atoms with Crippen LogP contribution in [0.4, 0.5) is 0 Å². The van der Waals surface area contributed by atoms with Crippen molar-refractivity contribution in [3.63, 3.8) is 0 Å². The van der Waals surface area contributed by atoms with Gasteiger partial charge in [-0.05, 0) is 38.5 Å². The molecular weight excluding hydrogens is 278 g/mol. The van der Waals surface area contributed by atoms with Crippen molar-refractivity contribution < 1.29 is 9.32 Å². The lowest BCUT2D eigenvalue weighted by Crippen LogP contribution is -2.41. The van der Waals surface area contributed by atoms with Gasteiger partial charge in [0.25, 0.3) is 0 Å². The molecule has 1 aliphatic carbocycles. The smallest absolute Gasteiger partial charge is 0.249 e. The van der Waals surface area contributed by atoms with E-state index in [2.05, 4.69) is 17.1 Å². The molecule has 1 saturated carbocycles. The number of rotatable bonds is 5. The minimum atomic E-state index is 0.00438. The molecule has 1 atom stereocenters. The summed E-state index contributed by atoms with van der Waals surface area (Å²) in [5.74, 6) is 1.98. The third kappa shape index (κ3) is 3.33. The number of hydrogen-bond acceptors (Lipinski definition) is 4. The number of unbranched alkanes of at least 4 members (excludes halogenated alkanes) is 1. The number of likely N-dealkylation sites (tertiary alicyclic amines) is 1. The standard InChI is InChI=1S/C17H27N3O2/c1-2-3-11-15-18-16(22-19-15)14-10-6-7-12-20(14)17(21)13-8-4-5-9-13/h13-14H,2-12H2,1H3/t14-/m1/s1. The average molecular weight is 305 g/mol. The van der Waals surface area contributed by atoms with Crippen LogP contribution >= 0.6 is 0 Å². The summed E-state index contributed by atoms with van der Waals surface area (Å²) in [5, 5.41) is 4.10. The van der Waals surface area contributed by atoms with Gasteiger partial charge in [0.15, 0.2) is 5.82 Å². The van der Waals surface area contributed by atoms with E-state index >= 15 is 0 Å². The van der Waals surface area contributed by atoms with Crippen LogP contribution in [0.2, 0.25) is 0 Å². The Kier molecular flexibility index (Phi) is 5.11. The second kappa shape index (κ2) is 7.25. The van der Waals surface area contributed by atoms with Crippen LogP contribution in [0.3, 0.4) is 0 Å². The summed E-state index contributed by atoms with van der Waals surface area (Å²) in [6.45, 7) is 3.00. The molecule has 1 saturated heterocycles. The van der Waals surface area contributed by atoms with Crippen LogP contribution in [-0.2, 0) is 11.2 Å². The third-order valence-electron chi connectivity index (χ3n) is 5.01. The second-order valence-corrected chi connectivity index (χ2v) is 6.68. The molecule has 3 rings (SSSR count). The predicted octanol–water partition coefficient (Wildman–Crippen LogP) is 3.66. The summed E-state index contributed by atoms with van der Waals surface area (Å²) in [5.41, 5.74) is 0. The first kappa shape index (κ1) is 15.5. The Bertz CT molecular complexity index is 494. The van der Waals surface area contributed by atoms with Crippen molar-refractivity contribution in [3.8, 4) is 0 Å². The first-order valence-electron chi connectivity index (χ1n) is 8.92. The molecule has 5 heteroatoms. The quantitative estimate of drug-likeness (QED) is 0.833. The molecule has 0 aromatic carbocycles. The van der Waals surface area contributed by atoms with E-state index in [0.717, 1.165) is 63.7 Å². The van der Waals surface area contributed by atoms with Crippen LogP contribution in [0.15, 0.2) is 4.52 Å². The van der Waals surface area contributed by atoms with E-state index in [1.54, 1.807) is 0 Å². The van der Waals surface area contributed by atoms with E-state index in [1.807, 2.05) is 4.90 Å². The SMILES string of the molecule is CCCCc1noc([C@H]2CCCCN2C(=O)C2CCCC2)n1. The number of piperidine rings is 1. The Hall–Kier alpha value is -1.39. The molecule has 2 heterocycles. The lowest BCUT2D eigenvalue weighted by atomic mass is 9.98. The Morgan fingerprint density at radius 2 is 2.00 bits per heavy atom. The maximum absolute atomic E-state index is 12.8. The van der Waals surface area contributed by atoms with Gasteiger partial charge in [-0.25, -0.2) is 0 Å². The van der Waals surface area contributed by atoms with Gasteiger partial charge in [-0.1, -0.05) is 31.3 Å². The van der Waals surface area contributed by atoms with E-state index in [9.17, 15) is 4.79 Å². The fraction of sp³-hybridized carbons (Fsp3) is 0.824. The Balaban J connectivity index is 1.71. The van der Waals surface area contributed by atoms with Crippen molar-refractivity contribution in [2.45, 2.75) is 77.2 Å². The van der Waals surface area contributed by atoms with Crippen molar-refractivity contribution in [1.82, 2.24) is 15.0 Å². The van der Waals surface area contributed by atoms with Crippen molar-refractivity contribution in [3.05, 3.63) is 11.7 Å². The van der Waals surface area contributed by atoms with Gasteiger partial charge in [0.05, 0.1) is 0 Å². The Morgan fingerprint density at radius 1 is 1.23 bits per heavy atom. The molecule has 22 heavy (non-hydrogen) atoms. The van der Waals surface area contributed by atoms with Crippen molar-refractivity contribution in [2.75, 3.05) is 6.54 Å². The summed E-state index contributed by atoms with van der Waals surface area (Å²) in [7, 11) is 0. The highest BCUT2D eigenvalue weighted by Gasteiger charge is 2.36. The number of aryl methyl sites for hydroxylation is 1. The number of carbonyl (C=O) groups excluding carboxylic acids is 1. The van der Waals surface area contributed by atoms with Gasteiger partial charge in [-0.15, -0.1) is 0 Å². The number of hydrogen-bond donors (Lipinski definition) is 0. The summed E-state index contributed by atoms with van der Waals surface area (Å²) in [4.78, 5) is 19.4. The molecular formula is C17H27N3O2. The van der Waals surface area contributed by atoms with E-state index in [1.165, 1.54) is 12.8 Å². The van der Waals surface area contributed by atoms with Gasteiger partial charge < -0.3 is 9.42 Å². The molecule has 0 radical (unpaired) electrons. The molecule has 2 aliphatic rings. The van der Waals surface area contributed by atoms with Gasteiger partial charge in [-0.3, -0.25) is 4.79 Å². The maximum atomic E-state index is 12.8. The minimum Gasteiger partial charge on any atom is -0.337 e. The summed E-state index contributed by atoms with van der Waals surface area (Å²) >= 11 is 0. The molecule has 0 unspecified atom stereocenters. The molecule has 1 aromatic heterocycles.